The quantitative estimate of drug-likeness (QED) is 0.628. The zero-order valence-electron chi connectivity index (χ0n) is 16.2. The average molecular weight is 399 g/mol. The molecule has 2 aromatic heterocycles. The van der Waals surface area contributed by atoms with E-state index in [0.29, 0.717) is 5.69 Å². The van der Waals surface area contributed by atoms with Crippen molar-refractivity contribution in [1.29, 1.82) is 0 Å². The van der Waals surface area contributed by atoms with Crippen molar-refractivity contribution in [3.05, 3.63) is 59.7 Å². The smallest absolute Gasteiger partial charge is 0.280 e. The standard InChI is InChI=1S/C21H23F2N5O/c1-29-19-9-3-2-6-15(19)7-4-10-27-11-5-8-16(13-27)17-12-18(20(22)23)28-21(26-17)24-14-25-28/h2-4,6-7,9,12,14,16,20H,5,8,10-11,13H2,1H3/b7-4+/t16-/m0/s1. The molecule has 3 aromatic rings. The van der Waals surface area contributed by atoms with Gasteiger partial charge in [-0.3, -0.25) is 4.90 Å². The van der Waals surface area contributed by atoms with Gasteiger partial charge in [-0.15, -0.1) is 0 Å². The summed E-state index contributed by atoms with van der Waals surface area (Å²) in [4.78, 5) is 10.8. The SMILES string of the molecule is COc1ccccc1/C=C/CN1CCC[C@H](c2cc(C(F)F)n3ncnc3n2)C1. The fourth-order valence-electron chi connectivity index (χ4n) is 3.81. The Morgan fingerprint density at radius 2 is 2.17 bits per heavy atom. The van der Waals surface area contributed by atoms with Gasteiger partial charge in [-0.1, -0.05) is 30.4 Å². The average Bonchev–Trinajstić information content (AvgIpc) is 3.22. The molecule has 6 nitrogen and oxygen atoms in total. The van der Waals surface area contributed by atoms with E-state index in [2.05, 4.69) is 32.1 Å². The molecule has 8 heteroatoms. The number of alkyl halides is 2. The molecule has 1 aromatic carbocycles. The maximum atomic E-state index is 13.4. The third kappa shape index (κ3) is 4.27. The van der Waals surface area contributed by atoms with E-state index < -0.39 is 6.43 Å². The van der Waals surface area contributed by atoms with E-state index in [0.717, 1.165) is 48.3 Å². The second kappa shape index (κ2) is 8.65. The highest BCUT2D eigenvalue weighted by molar-refractivity contribution is 5.57. The fourth-order valence-corrected chi connectivity index (χ4v) is 3.81. The minimum absolute atomic E-state index is 0.0996. The molecule has 0 spiro atoms. The number of para-hydroxylation sites is 1. The summed E-state index contributed by atoms with van der Waals surface area (Å²) in [6, 6.07) is 9.34. The molecule has 29 heavy (non-hydrogen) atoms. The first-order valence-electron chi connectivity index (χ1n) is 9.66. The highest BCUT2D eigenvalue weighted by Crippen LogP contribution is 2.29. The van der Waals surface area contributed by atoms with Crippen LogP contribution in [0.15, 0.2) is 42.7 Å². The van der Waals surface area contributed by atoms with Gasteiger partial charge in [-0.25, -0.2) is 13.8 Å². The molecule has 0 bridgehead atoms. The first-order valence-corrected chi connectivity index (χ1v) is 9.66. The Labute approximate surface area is 167 Å². The lowest BCUT2D eigenvalue weighted by atomic mass is 9.94. The first kappa shape index (κ1) is 19.4. The maximum Gasteiger partial charge on any atom is 0.280 e. The summed E-state index contributed by atoms with van der Waals surface area (Å²) in [6.45, 7) is 2.53. The monoisotopic (exact) mass is 399 g/mol. The Hall–Kier alpha value is -2.87. The van der Waals surface area contributed by atoms with Crippen molar-refractivity contribution in [3.8, 4) is 5.75 Å². The number of likely N-dealkylation sites (tertiary alicyclic amines) is 1. The number of halogens is 2. The number of methoxy groups -OCH3 is 1. The summed E-state index contributed by atoms with van der Waals surface area (Å²) in [5.41, 5.74) is 1.54. The van der Waals surface area contributed by atoms with Gasteiger partial charge in [-0.2, -0.15) is 14.6 Å². The number of fused-ring (bicyclic) bond motifs is 1. The molecule has 1 saturated heterocycles. The Kier molecular flexibility index (Phi) is 5.80. The van der Waals surface area contributed by atoms with E-state index >= 15 is 0 Å². The van der Waals surface area contributed by atoms with Gasteiger partial charge in [0.05, 0.1) is 12.8 Å². The molecule has 1 aliphatic heterocycles. The molecule has 4 rings (SSSR count). The van der Waals surface area contributed by atoms with Gasteiger partial charge in [0.15, 0.2) is 0 Å². The van der Waals surface area contributed by atoms with Crippen LogP contribution < -0.4 is 4.74 Å². The van der Waals surface area contributed by atoms with Gasteiger partial charge in [-0.05, 0) is 31.5 Å². The van der Waals surface area contributed by atoms with Gasteiger partial charge in [0.2, 0.25) is 0 Å². The molecule has 1 aliphatic rings. The molecule has 0 amide bonds. The second-order valence-electron chi connectivity index (χ2n) is 7.12. The molecule has 0 N–H and O–H groups in total. The van der Waals surface area contributed by atoms with Crippen molar-refractivity contribution in [2.45, 2.75) is 25.2 Å². The summed E-state index contributed by atoms with van der Waals surface area (Å²) in [5.74, 6) is 1.17. The van der Waals surface area contributed by atoms with Crippen molar-refractivity contribution in [2.75, 3.05) is 26.7 Å². The molecule has 1 fully saturated rings. The molecule has 0 radical (unpaired) electrons. The van der Waals surface area contributed by atoms with Gasteiger partial charge in [0.1, 0.15) is 17.8 Å². The summed E-state index contributed by atoms with van der Waals surface area (Å²) in [7, 11) is 1.66. The predicted octanol–water partition coefficient (Wildman–Crippen LogP) is 3.96. The largest absolute Gasteiger partial charge is 0.496 e. The highest BCUT2D eigenvalue weighted by Gasteiger charge is 2.25. The summed E-state index contributed by atoms with van der Waals surface area (Å²) < 4.78 is 33.4. The van der Waals surface area contributed by atoms with Crippen LogP contribution in [-0.4, -0.2) is 51.2 Å². The van der Waals surface area contributed by atoms with Crippen LogP contribution in [0.2, 0.25) is 0 Å². The van der Waals surface area contributed by atoms with Crippen LogP contribution >= 0.6 is 0 Å². The van der Waals surface area contributed by atoms with Crippen molar-refractivity contribution < 1.29 is 13.5 Å². The van der Waals surface area contributed by atoms with Crippen molar-refractivity contribution in [2.24, 2.45) is 0 Å². The Balaban J connectivity index is 1.47. The van der Waals surface area contributed by atoms with E-state index in [4.69, 9.17) is 4.74 Å². The molecular weight excluding hydrogens is 376 g/mol. The molecule has 0 aliphatic carbocycles. The van der Waals surface area contributed by atoms with Crippen LogP contribution in [0, 0.1) is 0 Å². The number of piperidine rings is 1. The van der Waals surface area contributed by atoms with Crippen LogP contribution in [0.5, 0.6) is 5.75 Å². The minimum atomic E-state index is -2.62. The van der Waals surface area contributed by atoms with E-state index in [1.54, 1.807) is 7.11 Å². The number of benzene rings is 1. The fraction of sp³-hybridized carbons (Fsp3) is 0.381. The number of hydrogen-bond donors (Lipinski definition) is 0. The normalized spacial score (nSPS) is 18.1. The van der Waals surface area contributed by atoms with Crippen molar-refractivity contribution in [3.63, 3.8) is 0 Å². The van der Waals surface area contributed by atoms with Gasteiger partial charge < -0.3 is 4.74 Å². The van der Waals surface area contributed by atoms with Crippen molar-refractivity contribution >= 4 is 11.9 Å². The van der Waals surface area contributed by atoms with Crippen LogP contribution in [0.4, 0.5) is 8.78 Å². The number of hydrogen-bond acceptors (Lipinski definition) is 5. The summed E-state index contributed by atoms with van der Waals surface area (Å²) in [6.07, 6.45) is 4.72. The number of ether oxygens (including phenoxy) is 1. The topological polar surface area (TPSA) is 55.6 Å². The van der Waals surface area contributed by atoms with E-state index in [9.17, 15) is 8.78 Å². The molecule has 1 atom stereocenters. The third-order valence-electron chi connectivity index (χ3n) is 5.25. The summed E-state index contributed by atoms with van der Waals surface area (Å²) >= 11 is 0. The highest BCUT2D eigenvalue weighted by atomic mass is 19.3. The maximum absolute atomic E-state index is 13.4. The molecule has 3 heterocycles. The number of rotatable bonds is 6. The predicted molar refractivity (Wildman–Crippen MR) is 106 cm³/mol. The second-order valence-corrected chi connectivity index (χ2v) is 7.12. The lowest BCUT2D eigenvalue weighted by Gasteiger charge is -2.31. The van der Waals surface area contributed by atoms with Crippen LogP contribution in [0.1, 0.15) is 42.1 Å². The van der Waals surface area contributed by atoms with E-state index in [-0.39, 0.29) is 17.4 Å². The number of nitrogens with zero attached hydrogens (tertiary/aromatic N) is 5. The van der Waals surface area contributed by atoms with Crippen molar-refractivity contribution in [1.82, 2.24) is 24.5 Å². The van der Waals surface area contributed by atoms with Crippen LogP contribution in [0.25, 0.3) is 11.9 Å². The number of aromatic nitrogens is 4. The van der Waals surface area contributed by atoms with Gasteiger partial charge in [0.25, 0.3) is 12.2 Å². The zero-order chi connectivity index (χ0) is 20.2. The van der Waals surface area contributed by atoms with Gasteiger partial charge >= 0.3 is 0 Å². The summed E-state index contributed by atoms with van der Waals surface area (Å²) in [5, 5.41) is 3.86. The third-order valence-corrected chi connectivity index (χ3v) is 5.25. The lowest BCUT2D eigenvalue weighted by Crippen LogP contribution is -2.34. The van der Waals surface area contributed by atoms with Gasteiger partial charge in [0, 0.05) is 24.6 Å². The molecule has 0 unspecified atom stereocenters. The van der Waals surface area contributed by atoms with Crippen LogP contribution in [-0.2, 0) is 0 Å². The minimum Gasteiger partial charge on any atom is -0.496 e. The molecule has 0 saturated carbocycles. The Morgan fingerprint density at radius 3 is 3.00 bits per heavy atom. The molecular formula is C21H23F2N5O. The Bertz CT molecular complexity index is 1000. The lowest BCUT2D eigenvalue weighted by molar-refractivity contribution is 0.142. The van der Waals surface area contributed by atoms with E-state index in [1.165, 1.54) is 12.4 Å². The Morgan fingerprint density at radius 1 is 1.31 bits per heavy atom. The molecule has 152 valence electrons. The van der Waals surface area contributed by atoms with E-state index in [1.807, 2.05) is 24.3 Å². The first-order chi connectivity index (χ1) is 14.2. The van der Waals surface area contributed by atoms with Crippen LogP contribution in [0.3, 0.4) is 0 Å². The zero-order valence-corrected chi connectivity index (χ0v) is 16.2.